The van der Waals surface area contributed by atoms with E-state index in [0.29, 0.717) is 51.4 Å². The van der Waals surface area contributed by atoms with Crippen LogP contribution < -0.4 is 0 Å². The van der Waals surface area contributed by atoms with Crippen molar-refractivity contribution >= 4 is 22.1 Å². The normalized spacial score (nSPS) is 19.5. The molecule has 1 aliphatic carbocycles. The number of ether oxygens (including phenoxy) is 3. The summed E-state index contributed by atoms with van der Waals surface area (Å²) in [6.07, 6.45) is 8.68. The van der Waals surface area contributed by atoms with E-state index in [1.54, 1.807) is 7.11 Å². The van der Waals surface area contributed by atoms with Crippen LogP contribution in [0.15, 0.2) is 18.5 Å². The van der Waals surface area contributed by atoms with Crippen molar-refractivity contribution in [3.05, 3.63) is 24.3 Å². The Morgan fingerprint density at radius 3 is 2.77 bits per heavy atom. The highest BCUT2D eigenvalue weighted by Gasteiger charge is 2.26. The van der Waals surface area contributed by atoms with Crippen molar-refractivity contribution in [2.45, 2.75) is 44.8 Å². The lowest BCUT2D eigenvalue weighted by molar-refractivity contribution is 0.0175. The second-order valence-electron chi connectivity index (χ2n) is 7.82. The first-order valence-corrected chi connectivity index (χ1v) is 10.7. The number of rotatable bonds is 10. The molecular formula is C22H29N5O3. The van der Waals surface area contributed by atoms with Crippen LogP contribution in [0.1, 0.15) is 44.0 Å². The van der Waals surface area contributed by atoms with Gasteiger partial charge >= 0.3 is 0 Å². The average molecular weight is 412 g/mol. The number of pyridine rings is 1. The Kier molecular flexibility index (Phi) is 6.95. The summed E-state index contributed by atoms with van der Waals surface area (Å²) in [6.45, 7) is 2.64. The van der Waals surface area contributed by atoms with Gasteiger partial charge in [0.2, 0.25) is 0 Å². The molecule has 0 unspecified atom stereocenters. The van der Waals surface area contributed by atoms with Crippen LogP contribution in [-0.4, -0.2) is 53.1 Å². The number of hydrogen-bond acceptors (Lipinski definition) is 6. The van der Waals surface area contributed by atoms with E-state index < -0.39 is 0 Å². The summed E-state index contributed by atoms with van der Waals surface area (Å²) in [5.41, 5.74) is 2.90. The number of aromatic nitrogens is 4. The second-order valence-corrected chi connectivity index (χ2v) is 7.82. The molecule has 3 aromatic rings. The van der Waals surface area contributed by atoms with Crippen molar-refractivity contribution in [3.63, 3.8) is 0 Å². The summed E-state index contributed by atoms with van der Waals surface area (Å²) in [5.74, 6) is 1.44. The fraction of sp³-hybridized carbons (Fsp3) is 0.591. The van der Waals surface area contributed by atoms with Gasteiger partial charge in [0.25, 0.3) is 0 Å². The Balaban J connectivity index is 1.54. The zero-order chi connectivity index (χ0) is 20.8. The maximum absolute atomic E-state index is 9.03. The number of methoxy groups -OCH3 is 1. The summed E-state index contributed by atoms with van der Waals surface area (Å²) in [4.78, 5) is 12.6. The quantitative estimate of drug-likeness (QED) is 0.510. The number of nitriles is 1. The zero-order valence-electron chi connectivity index (χ0n) is 17.5. The van der Waals surface area contributed by atoms with Gasteiger partial charge in [-0.3, -0.25) is 0 Å². The molecule has 0 spiro atoms. The lowest BCUT2D eigenvalue weighted by Crippen LogP contribution is -2.20. The molecule has 4 rings (SSSR count). The molecule has 0 aromatic carbocycles. The molecule has 1 N–H and O–H groups in total. The average Bonchev–Trinajstić information content (AvgIpc) is 3.38. The molecule has 1 saturated carbocycles. The van der Waals surface area contributed by atoms with Gasteiger partial charge < -0.3 is 23.8 Å². The summed E-state index contributed by atoms with van der Waals surface area (Å²) in [7, 11) is 1.66. The Hall–Kier alpha value is -2.47. The van der Waals surface area contributed by atoms with Crippen molar-refractivity contribution in [1.29, 1.82) is 5.26 Å². The SMILES string of the molecule is COCCOCCOCc1nc2cnc3[nH]ccc3c2n1[C@H]1CC[C@H](CC#N)CC1. The molecule has 8 heteroatoms. The molecule has 1 aliphatic rings. The van der Waals surface area contributed by atoms with Gasteiger partial charge in [0.15, 0.2) is 0 Å². The largest absolute Gasteiger partial charge is 0.382 e. The predicted octanol–water partition coefficient (Wildman–Crippen LogP) is 3.74. The van der Waals surface area contributed by atoms with E-state index in [4.69, 9.17) is 24.5 Å². The first kappa shape index (κ1) is 20.8. The van der Waals surface area contributed by atoms with Crippen LogP contribution in [0, 0.1) is 17.2 Å². The Labute approximate surface area is 176 Å². The monoisotopic (exact) mass is 411 g/mol. The van der Waals surface area contributed by atoms with Crippen LogP contribution in [0.5, 0.6) is 0 Å². The van der Waals surface area contributed by atoms with Gasteiger partial charge in [-0.2, -0.15) is 5.26 Å². The summed E-state index contributed by atoms with van der Waals surface area (Å²) in [6, 6.07) is 4.76. The number of H-pyrrole nitrogens is 1. The fourth-order valence-electron chi connectivity index (χ4n) is 4.40. The van der Waals surface area contributed by atoms with Crippen molar-refractivity contribution < 1.29 is 14.2 Å². The molecule has 0 aliphatic heterocycles. The van der Waals surface area contributed by atoms with Crippen LogP contribution >= 0.6 is 0 Å². The minimum absolute atomic E-state index is 0.363. The molecule has 1 fully saturated rings. The highest BCUT2D eigenvalue weighted by molar-refractivity contribution is 6.01. The number of nitrogens with zero attached hydrogens (tertiary/aromatic N) is 4. The van der Waals surface area contributed by atoms with Gasteiger partial charge in [-0.1, -0.05) is 0 Å². The van der Waals surface area contributed by atoms with Gasteiger partial charge in [-0.15, -0.1) is 0 Å². The van der Waals surface area contributed by atoms with Crippen LogP contribution in [0.3, 0.4) is 0 Å². The van der Waals surface area contributed by atoms with Crippen LogP contribution in [0.4, 0.5) is 0 Å². The third kappa shape index (κ3) is 4.48. The molecule has 0 radical (unpaired) electrons. The summed E-state index contributed by atoms with van der Waals surface area (Å²) >= 11 is 0. The molecule has 30 heavy (non-hydrogen) atoms. The molecule has 3 aromatic heterocycles. The molecule has 0 bridgehead atoms. The molecule has 0 atom stereocenters. The molecular weight excluding hydrogens is 382 g/mol. The Morgan fingerprint density at radius 1 is 1.17 bits per heavy atom. The summed E-state index contributed by atoms with van der Waals surface area (Å²) in [5, 5.41) is 10.1. The number of aromatic amines is 1. The first-order chi connectivity index (χ1) is 14.8. The zero-order valence-corrected chi connectivity index (χ0v) is 17.5. The van der Waals surface area contributed by atoms with Crippen LogP contribution in [-0.2, 0) is 20.8 Å². The van der Waals surface area contributed by atoms with E-state index in [-0.39, 0.29) is 0 Å². The van der Waals surface area contributed by atoms with E-state index in [2.05, 4.69) is 26.7 Å². The van der Waals surface area contributed by atoms with Crippen molar-refractivity contribution in [2.24, 2.45) is 5.92 Å². The smallest absolute Gasteiger partial charge is 0.139 e. The van der Waals surface area contributed by atoms with Gasteiger partial charge in [0.1, 0.15) is 23.6 Å². The van der Waals surface area contributed by atoms with Crippen molar-refractivity contribution in [3.8, 4) is 6.07 Å². The van der Waals surface area contributed by atoms with Crippen molar-refractivity contribution in [1.82, 2.24) is 19.5 Å². The third-order valence-electron chi connectivity index (χ3n) is 5.90. The highest BCUT2D eigenvalue weighted by Crippen LogP contribution is 2.37. The van der Waals surface area contributed by atoms with Crippen LogP contribution in [0.2, 0.25) is 0 Å². The molecule has 0 amide bonds. The summed E-state index contributed by atoms with van der Waals surface area (Å²) < 4.78 is 18.7. The molecule has 3 heterocycles. The van der Waals surface area contributed by atoms with Gasteiger partial charge in [0.05, 0.1) is 44.2 Å². The Bertz CT molecular complexity index is 997. The minimum atomic E-state index is 0.363. The van der Waals surface area contributed by atoms with Crippen LogP contribution in [0.25, 0.3) is 22.1 Å². The third-order valence-corrected chi connectivity index (χ3v) is 5.90. The van der Waals surface area contributed by atoms with Gasteiger partial charge in [-0.25, -0.2) is 9.97 Å². The van der Waals surface area contributed by atoms with Gasteiger partial charge in [0, 0.05) is 31.2 Å². The lowest BCUT2D eigenvalue weighted by Gasteiger charge is -2.30. The second kappa shape index (κ2) is 10.0. The molecule has 8 nitrogen and oxygen atoms in total. The maximum Gasteiger partial charge on any atom is 0.139 e. The molecule has 160 valence electrons. The van der Waals surface area contributed by atoms with E-state index in [1.165, 1.54) is 0 Å². The minimum Gasteiger partial charge on any atom is -0.382 e. The number of imidazole rings is 1. The lowest BCUT2D eigenvalue weighted by atomic mass is 9.84. The van der Waals surface area contributed by atoms with E-state index in [9.17, 15) is 0 Å². The number of nitrogens with one attached hydrogen (secondary N) is 1. The Morgan fingerprint density at radius 2 is 1.97 bits per heavy atom. The number of fused-ring (bicyclic) bond motifs is 3. The maximum atomic E-state index is 9.03. The topological polar surface area (TPSA) is 98.0 Å². The highest BCUT2D eigenvalue weighted by atomic mass is 16.5. The van der Waals surface area contributed by atoms with Crippen molar-refractivity contribution in [2.75, 3.05) is 33.5 Å². The fourth-order valence-corrected chi connectivity index (χ4v) is 4.40. The van der Waals surface area contributed by atoms with E-state index >= 15 is 0 Å². The predicted molar refractivity (Wildman–Crippen MR) is 113 cm³/mol. The first-order valence-electron chi connectivity index (χ1n) is 10.7. The molecule has 0 saturated heterocycles. The van der Waals surface area contributed by atoms with E-state index in [0.717, 1.165) is 53.6 Å². The van der Waals surface area contributed by atoms with Gasteiger partial charge in [-0.05, 0) is 37.7 Å². The number of hydrogen-bond donors (Lipinski definition) is 1. The standard InChI is InChI=1S/C22H29N5O3/c1-28-10-11-29-12-13-30-15-20-26-19-14-25-22-18(7-9-24-22)21(19)27(20)17-4-2-16(3-5-17)6-8-23/h7,9,14,16-17H,2-6,10-13,15H2,1H3,(H,24,25)/t16-,17-. The van der Waals surface area contributed by atoms with E-state index in [1.807, 2.05) is 12.4 Å².